The van der Waals surface area contributed by atoms with Gasteiger partial charge in [-0.3, -0.25) is 9.59 Å². The largest absolute Gasteiger partial charge is 0.333 e. The Morgan fingerprint density at radius 1 is 1.25 bits per heavy atom. The average Bonchev–Trinajstić information content (AvgIpc) is 2.94. The highest BCUT2D eigenvalue weighted by Crippen LogP contribution is 2.13. The number of thiazole rings is 1. The van der Waals surface area contributed by atoms with Crippen molar-refractivity contribution in [3.05, 3.63) is 45.9 Å². The fraction of sp³-hybridized carbons (Fsp3) is 0.389. The Balaban J connectivity index is 1.98. The molecule has 1 aromatic carbocycles. The summed E-state index contributed by atoms with van der Waals surface area (Å²) in [5.74, 6) is -0.248. The summed E-state index contributed by atoms with van der Waals surface area (Å²) in [6.45, 7) is 6.47. The zero-order chi connectivity index (χ0) is 17.5. The smallest absolute Gasteiger partial charge is 0.244 e. The van der Waals surface area contributed by atoms with Crippen LogP contribution in [0.2, 0.25) is 0 Å². The SMILES string of the molecule is CCCN(CC(=O)Nc1ccccc1C)C(=O)Cc1csc(C)n1. The molecule has 6 heteroatoms. The number of para-hydroxylation sites is 1. The number of carbonyl (C=O) groups is 2. The highest BCUT2D eigenvalue weighted by atomic mass is 32.1. The Kier molecular flexibility index (Phi) is 6.49. The maximum atomic E-state index is 12.5. The van der Waals surface area contributed by atoms with E-state index in [2.05, 4.69) is 10.3 Å². The van der Waals surface area contributed by atoms with Crippen molar-refractivity contribution >= 4 is 28.8 Å². The molecular weight excluding hydrogens is 322 g/mol. The number of amides is 2. The molecule has 0 spiro atoms. The molecule has 2 amide bonds. The first kappa shape index (κ1) is 18.1. The summed E-state index contributed by atoms with van der Waals surface area (Å²) in [7, 11) is 0. The quantitative estimate of drug-likeness (QED) is 0.838. The third-order valence-electron chi connectivity index (χ3n) is 3.60. The highest BCUT2D eigenvalue weighted by molar-refractivity contribution is 7.09. The normalized spacial score (nSPS) is 10.5. The third-order valence-corrected chi connectivity index (χ3v) is 4.42. The van der Waals surface area contributed by atoms with Gasteiger partial charge in [0.15, 0.2) is 0 Å². The summed E-state index contributed by atoms with van der Waals surface area (Å²) in [4.78, 5) is 30.7. The number of carbonyl (C=O) groups excluding carboxylic acids is 2. The van der Waals surface area contributed by atoms with Gasteiger partial charge in [-0.15, -0.1) is 11.3 Å². The molecule has 0 saturated heterocycles. The van der Waals surface area contributed by atoms with Gasteiger partial charge in [0.2, 0.25) is 11.8 Å². The van der Waals surface area contributed by atoms with Crippen LogP contribution in [0.15, 0.2) is 29.6 Å². The number of nitrogens with zero attached hydrogens (tertiary/aromatic N) is 2. The van der Waals surface area contributed by atoms with Crippen LogP contribution < -0.4 is 5.32 Å². The van der Waals surface area contributed by atoms with E-state index in [9.17, 15) is 9.59 Å². The lowest BCUT2D eigenvalue weighted by Gasteiger charge is -2.21. The van der Waals surface area contributed by atoms with Crippen LogP contribution in [-0.2, 0) is 16.0 Å². The molecule has 0 radical (unpaired) electrons. The predicted molar refractivity (Wildman–Crippen MR) is 97.2 cm³/mol. The van der Waals surface area contributed by atoms with E-state index in [4.69, 9.17) is 0 Å². The zero-order valence-corrected chi connectivity index (χ0v) is 15.2. The topological polar surface area (TPSA) is 62.3 Å². The fourth-order valence-electron chi connectivity index (χ4n) is 2.39. The number of benzene rings is 1. The molecule has 1 aromatic heterocycles. The van der Waals surface area contributed by atoms with Crippen molar-refractivity contribution in [2.45, 2.75) is 33.6 Å². The standard InChI is InChI=1S/C18H23N3O2S/c1-4-9-21(18(23)10-15-12-24-14(3)19-15)11-17(22)20-16-8-6-5-7-13(16)2/h5-8,12H,4,9-11H2,1-3H3,(H,20,22). The van der Waals surface area contributed by atoms with Gasteiger partial charge in [-0.05, 0) is 31.9 Å². The van der Waals surface area contributed by atoms with E-state index < -0.39 is 0 Å². The number of anilines is 1. The Morgan fingerprint density at radius 3 is 2.62 bits per heavy atom. The lowest BCUT2D eigenvalue weighted by Crippen LogP contribution is -2.39. The molecule has 0 saturated carbocycles. The van der Waals surface area contributed by atoms with Crippen molar-refractivity contribution in [1.29, 1.82) is 0 Å². The number of hydrogen-bond donors (Lipinski definition) is 1. The number of nitrogens with one attached hydrogen (secondary N) is 1. The molecule has 0 bridgehead atoms. The van der Waals surface area contributed by atoms with E-state index in [0.717, 1.165) is 28.4 Å². The van der Waals surface area contributed by atoms with E-state index in [-0.39, 0.29) is 24.8 Å². The summed E-state index contributed by atoms with van der Waals surface area (Å²) in [6, 6.07) is 7.60. The van der Waals surface area contributed by atoms with Crippen LogP contribution in [0.4, 0.5) is 5.69 Å². The molecule has 1 N–H and O–H groups in total. The van der Waals surface area contributed by atoms with Gasteiger partial charge >= 0.3 is 0 Å². The fourth-order valence-corrected chi connectivity index (χ4v) is 3.01. The molecule has 24 heavy (non-hydrogen) atoms. The van der Waals surface area contributed by atoms with Crippen LogP contribution in [0, 0.1) is 13.8 Å². The average molecular weight is 345 g/mol. The molecule has 1 heterocycles. The van der Waals surface area contributed by atoms with Crippen LogP contribution in [0.5, 0.6) is 0 Å². The minimum absolute atomic E-state index is 0.0596. The number of hydrogen-bond acceptors (Lipinski definition) is 4. The van der Waals surface area contributed by atoms with Gasteiger partial charge in [0.1, 0.15) is 0 Å². The van der Waals surface area contributed by atoms with Gasteiger partial charge in [-0.2, -0.15) is 0 Å². The Bertz CT molecular complexity index is 712. The number of aryl methyl sites for hydroxylation is 2. The first-order valence-electron chi connectivity index (χ1n) is 8.04. The molecule has 2 rings (SSSR count). The van der Waals surface area contributed by atoms with Crippen LogP contribution in [-0.4, -0.2) is 34.8 Å². The van der Waals surface area contributed by atoms with Crippen LogP contribution in [0.25, 0.3) is 0 Å². The van der Waals surface area contributed by atoms with Gasteiger partial charge < -0.3 is 10.2 Å². The first-order chi connectivity index (χ1) is 11.5. The summed E-state index contributed by atoms with van der Waals surface area (Å²) < 4.78 is 0. The molecule has 0 aliphatic rings. The van der Waals surface area contributed by atoms with Gasteiger partial charge in [0.25, 0.3) is 0 Å². The second kappa shape index (κ2) is 8.59. The third kappa shape index (κ3) is 5.16. The molecule has 0 atom stereocenters. The van der Waals surface area contributed by atoms with E-state index >= 15 is 0 Å². The van der Waals surface area contributed by atoms with Gasteiger partial charge in [-0.1, -0.05) is 25.1 Å². The molecule has 5 nitrogen and oxygen atoms in total. The maximum Gasteiger partial charge on any atom is 0.244 e. The van der Waals surface area contributed by atoms with Crippen molar-refractivity contribution in [2.75, 3.05) is 18.4 Å². The van der Waals surface area contributed by atoms with Crippen molar-refractivity contribution in [3.63, 3.8) is 0 Å². The molecule has 128 valence electrons. The molecule has 0 unspecified atom stereocenters. The van der Waals surface area contributed by atoms with Crippen LogP contribution in [0.1, 0.15) is 29.6 Å². The van der Waals surface area contributed by atoms with E-state index in [0.29, 0.717) is 6.54 Å². The number of rotatable bonds is 7. The Hall–Kier alpha value is -2.21. The van der Waals surface area contributed by atoms with Crippen molar-refractivity contribution < 1.29 is 9.59 Å². The second-order valence-corrected chi connectivity index (χ2v) is 6.78. The maximum absolute atomic E-state index is 12.5. The lowest BCUT2D eigenvalue weighted by atomic mass is 10.2. The van der Waals surface area contributed by atoms with E-state index in [1.165, 1.54) is 11.3 Å². The minimum atomic E-state index is -0.180. The summed E-state index contributed by atoms with van der Waals surface area (Å²) in [6.07, 6.45) is 1.04. The molecule has 0 aliphatic carbocycles. The van der Waals surface area contributed by atoms with Gasteiger partial charge in [0, 0.05) is 17.6 Å². The summed E-state index contributed by atoms with van der Waals surface area (Å²) in [5, 5.41) is 5.71. The molecule has 0 aliphatic heterocycles. The Labute approximate surface area is 146 Å². The summed E-state index contributed by atoms with van der Waals surface area (Å²) >= 11 is 1.53. The van der Waals surface area contributed by atoms with E-state index in [1.807, 2.05) is 50.4 Å². The second-order valence-electron chi connectivity index (χ2n) is 5.71. The van der Waals surface area contributed by atoms with Gasteiger partial charge in [0.05, 0.1) is 23.7 Å². The Morgan fingerprint density at radius 2 is 2.00 bits per heavy atom. The first-order valence-corrected chi connectivity index (χ1v) is 8.91. The minimum Gasteiger partial charge on any atom is -0.333 e. The number of aromatic nitrogens is 1. The predicted octanol–water partition coefficient (Wildman–Crippen LogP) is 3.18. The van der Waals surface area contributed by atoms with Crippen LogP contribution >= 0.6 is 11.3 Å². The molecular formula is C18H23N3O2S. The van der Waals surface area contributed by atoms with Gasteiger partial charge in [-0.25, -0.2) is 4.98 Å². The van der Waals surface area contributed by atoms with Crippen molar-refractivity contribution in [3.8, 4) is 0 Å². The van der Waals surface area contributed by atoms with E-state index in [1.54, 1.807) is 4.90 Å². The summed E-state index contributed by atoms with van der Waals surface area (Å²) in [5.41, 5.74) is 2.54. The highest BCUT2D eigenvalue weighted by Gasteiger charge is 2.18. The molecule has 2 aromatic rings. The van der Waals surface area contributed by atoms with Crippen LogP contribution in [0.3, 0.4) is 0 Å². The van der Waals surface area contributed by atoms with Crippen molar-refractivity contribution in [2.24, 2.45) is 0 Å². The van der Waals surface area contributed by atoms with Crippen molar-refractivity contribution in [1.82, 2.24) is 9.88 Å². The lowest BCUT2D eigenvalue weighted by molar-refractivity contribution is -0.134. The zero-order valence-electron chi connectivity index (χ0n) is 14.3. The molecule has 0 fully saturated rings. The monoisotopic (exact) mass is 345 g/mol.